The SMILES string of the molecule is CC[C@H](C)c1nc(C)c(Cc2ccc(C)cc2)c(N2CCN(C(C)=O)CC2)n1. The average molecular weight is 381 g/mol. The summed E-state index contributed by atoms with van der Waals surface area (Å²) in [6.07, 6.45) is 1.85. The highest BCUT2D eigenvalue weighted by Crippen LogP contribution is 2.28. The number of anilines is 1. The lowest BCUT2D eigenvalue weighted by Gasteiger charge is -2.36. The number of nitrogens with zero attached hydrogens (tertiary/aromatic N) is 4. The Kier molecular flexibility index (Phi) is 6.32. The Morgan fingerprint density at radius 2 is 1.71 bits per heavy atom. The number of hydrogen-bond acceptors (Lipinski definition) is 4. The monoisotopic (exact) mass is 380 g/mol. The minimum atomic E-state index is 0.152. The molecule has 1 amide bonds. The van der Waals surface area contributed by atoms with Gasteiger partial charge in [0, 0.05) is 56.7 Å². The van der Waals surface area contributed by atoms with Crippen LogP contribution >= 0.6 is 0 Å². The molecular formula is C23H32N4O. The van der Waals surface area contributed by atoms with Crippen LogP contribution in [0, 0.1) is 13.8 Å². The molecule has 1 aliphatic heterocycles. The Labute approximate surface area is 168 Å². The van der Waals surface area contributed by atoms with E-state index in [4.69, 9.17) is 9.97 Å². The number of carbonyl (C=O) groups excluding carboxylic acids is 1. The number of aromatic nitrogens is 2. The molecule has 2 heterocycles. The zero-order valence-electron chi connectivity index (χ0n) is 17.8. The van der Waals surface area contributed by atoms with Gasteiger partial charge >= 0.3 is 0 Å². The van der Waals surface area contributed by atoms with Crippen molar-refractivity contribution in [2.45, 2.75) is 53.4 Å². The summed E-state index contributed by atoms with van der Waals surface area (Å²) in [7, 11) is 0. The van der Waals surface area contributed by atoms with Crippen molar-refractivity contribution in [1.82, 2.24) is 14.9 Å². The van der Waals surface area contributed by atoms with E-state index in [1.165, 1.54) is 16.7 Å². The molecule has 150 valence electrons. The van der Waals surface area contributed by atoms with Gasteiger partial charge < -0.3 is 9.80 Å². The minimum Gasteiger partial charge on any atom is -0.353 e. The van der Waals surface area contributed by atoms with Crippen molar-refractivity contribution >= 4 is 11.7 Å². The fourth-order valence-electron chi connectivity index (χ4n) is 3.62. The molecular weight excluding hydrogens is 348 g/mol. The number of piperazine rings is 1. The highest BCUT2D eigenvalue weighted by molar-refractivity contribution is 5.73. The Balaban J connectivity index is 1.95. The maximum atomic E-state index is 11.7. The first-order chi connectivity index (χ1) is 13.4. The molecule has 1 fully saturated rings. The van der Waals surface area contributed by atoms with Crippen LogP contribution in [0.4, 0.5) is 5.82 Å². The summed E-state index contributed by atoms with van der Waals surface area (Å²) in [5, 5.41) is 0. The third kappa shape index (κ3) is 4.51. The van der Waals surface area contributed by atoms with Crippen molar-refractivity contribution in [3.8, 4) is 0 Å². The summed E-state index contributed by atoms with van der Waals surface area (Å²) >= 11 is 0. The Bertz CT molecular complexity index is 823. The quantitative estimate of drug-likeness (QED) is 0.790. The summed E-state index contributed by atoms with van der Waals surface area (Å²) in [4.78, 5) is 25.8. The summed E-state index contributed by atoms with van der Waals surface area (Å²) in [5.41, 5.74) is 4.81. The van der Waals surface area contributed by atoms with Gasteiger partial charge in [0.15, 0.2) is 0 Å². The molecule has 2 aromatic rings. The molecule has 1 aromatic heterocycles. The van der Waals surface area contributed by atoms with Crippen molar-refractivity contribution in [3.05, 3.63) is 52.5 Å². The molecule has 1 saturated heterocycles. The Morgan fingerprint density at radius 1 is 1.07 bits per heavy atom. The highest BCUT2D eigenvalue weighted by atomic mass is 16.2. The van der Waals surface area contributed by atoms with Gasteiger partial charge in [-0.2, -0.15) is 0 Å². The maximum Gasteiger partial charge on any atom is 0.219 e. The molecule has 0 spiro atoms. The van der Waals surface area contributed by atoms with E-state index in [2.05, 4.69) is 56.9 Å². The normalized spacial score (nSPS) is 15.6. The predicted molar refractivity (Wildman–Crippen MR) is 114 cm³/mol. The molecule has 0 unspecified atom stereocenters. The number of hydrogen-bond donors (Lipinski definition) is 0. The van der Waals surface area contributed by atoms with E-state index in [1.807, 2.05) is 4.90 Å². The summed E-state index contributed by atoms with van der Waals surface area (Å²) in [6.45, 7) is 13.4. The summed E-state index contributed by atoms with van der Waals surface area (Å²) < 4.78 is 0. The van der Waals surface area contributed by atoms with Crippen LogP contribution in [0.2, 0.25) is 0 Å². The van der Waals surface area contributed by atoms with Crippen molar-refractivity contribution < 1.29 is 4.79 Å². The second-order valence-corrected chi connectivity index (χ2v) is 7.93. The molecule has 5 heteroatoms. The molecule has 28 heavy (non-hydrogen) atoms. The molecule has 3 rings (SSSR count). The van der Waals surface area contributed by atoms with Crippen molar-refractivity contribution in [1.29, 1.82) is 0 Å². The molecule has 0 radical (unpaired) electrons. The molecule has 1 aliphatic rings. The minimum absolute atomic E-state index is 0.152. The lowest BCUT2D eigenvalue weighted by molar-refractivity contribution is -0.129. The summed E-state index contributed by atoms with van der Waals surface area (Å²) in [6, 6.07) is 8.69. The van der Waals surface area contributed by atoms with E-state index in [0.717, 1.165) is 56.4 Å². The maximum absolute atomic E-state index is 11.7. The van der Waals surface area contributed by atoms with Gasteiger partial charge in [-0.1, -0.05) is 43.7 Å². The van der Waals surface area contributed by atoms with Crippen LogP contribution in [0.25, 0.3) is 0 Å². The van der Waals surface area contributed by atoms with Crippen molar-refractivity contribution in [3.63, 3.8) is 0 Å². The van der Waals surface area contributed by atoms with Crippen LogP contribution in [0.1, 0.15) is 61.3 Å². The number of benzene rings is 1. The zero-order chi connectivity index (χ0) is 20.3. The molecule has 0 aliphatic carbocycles. The first-order valence-electron chi connectivity index (χ1n) is 10.3. The molecule has 5 nitrogen and oxygen atoms in total. The lowest BCUT2D eigenvalue weighted by Crippen LogP contribution is -2.48. The van der Waals surface area contributed by atoms with Crippen LogP contribution in [-0.4, -0.2) is 47.0 Å². The number of amides is 1. The smallest absolute Gasteiger partial charge is 0.219 e. The van der Waals surface area contributed by atoms with Crippen LogP contribution in [0.5, 0.6) is 0 Å². The van der Waals surface area contributed by atoms with Crippen molar-refractivity contribution in [2.75, 3.05) is 31.1 Å². The molecule has 1 atom stereocenters. The second kappa shape index (κ2) is 8.72. The van der Waals surface area contributed by atoms with Gasteiger partial charge in [-0.3, -0.25) is 4.79 Å². The fourth-order valence-corrected chi connectivity index (χ4v) is 3.62. The van der Waals surface area contributed by atoms with Gasteiger partial charge in [0.2, 0.25) is 5.91 Å². The van der Waals surface area contributed by atoms with Gasteiger partial charge in [0.25, 0.3) is 0 Å². The van der Waals surface area contributed by atoms with E-state index in [-0.39, 0.29) is 5.91 Å². The average Bonchev–Trinajstić information content (AvgIpc) is 2.70. The molecule has 0 bridgehead atoms. The van der Waals surface area contributed by atoms with Crippen LogP contribution in [0.3, 0.4) is 0 Å². The van der Waals surface area contributed by atoms with Gasteiger partial charge in [0.1, 0.15) is 11.6 Å². The largest absolute Gasteiger partial charge is 0.353 e. The molecule has 0 saturated carbocycles. The zero-order valence-corrected chi connectivity index (χ0v) is 17.8. The van der Waals surface area contributed by atoms with Crippen LogP contribution < -0.4 is 4.90 Å². The Morgan fingerprint density at radius 3 is 2.29 bits per heavy atom. The predicted octanol–water partition coefficient (Wildman–Crippen LogP) is 3.87. The second-order valence-electron chi connectivity index (χ2n) is 7.93. The number of rotatable bonds is 5. The number of carbonyl (C=O) groups is 1. The van der Waals surface area contributed by atoms with E-state index < -0.39 is 0 Å². The van der Waals surface area contributed by atoms with Gasteiger partial charge in [-0.05, 0) is 25.8 Å². The number of aryl methyl sites for hydroxylation is 2. The van der Waals surface area contributed by atoms with E-state index in [0.29, 0.717) is 5.92 Å². The highest BCUT2D eigenvalue weighted by Gasteiger charge is 2.24. The fraction of sp³-hybridized carbons (Fsp3) is 0.522. The van der Waals surface area contributed by atoms with E-state index in [1.54, 1.807) is 6.92 Å². The topological polar surface area (TPSA) is 49.3 Å². The van der Waals surface area contributed by atoms with E-state index >= 15 is 0 Å². The van der Waals surface area contributed by atoms with Gasteiger partial charge in [0.05, 0.1) is 0 Å². The molecule has 0 N–H and O–H groups in total. The summed E-state index contributed by atoms with van der Waals surface area (Å²) in [5.74, 6) is 2.46. The Hall–Kier alpha value is -2.43. The third-order valence-electron chi connectivity index (χ3n) is 5.79. The van der Waals surface area contributed by atoms with Crippen molar-refractivity contribution in [2.24, 2.45) is 0 Å². The first kappa shape index (κ1) is 20.3. The van der Waals surface area contributed by atoms with Crippen LogP contribution in [-0.2, 0) is 11.2 Å². The third-order valence-corrected chi connectivity index (χ3v) is 5.79. The van der Waals surface area contributed by atoms with Crippen LogP contribution in [0.15, 0.2) is 24.3 Å². The van der Waals surface area contributed by atoms with Gasteiger partial charge in [-0.15, -0.1) is 0 Å². The first-order valence-corrected chi connectivity index (χ1v) is 10.3. The van der Waals surface area contributed by atoms with E-state index in [9.17, 15) is 4.79 Å². The lowest BCUT2D eigenvalue weighted by atomic mass is 10.0. The van der Waals surface area contributed by atoms with Gasteiger partial charge in [-0.25, -0.2) is 9.97 Å². The molecule has 1 aromatic carbocycles. The standard InChI is InChI=1S/C23H32N4O/c1-6-17(3)22-24-18(4)21(15-20-9-7-16(2)8-10-20)23(25-22)27-13-11-26(12-14-27)19(5)28/h7-10,17H,6,11-15H2,1-5H3/t17-/m0/s1.